The van der Waals surface area contributed by atoms with Crippen LogP contribution in [0.5, 0.6) is 17.5 Å². The van der Waals surface area contributed by atoms with Crippen LogP contribution in [0.4, 0.5) is 11.4 Å². The van der Waals surface area contributed by atoms with Crippen molar-refractivity contribution in [1.29, 1.82) is 0 Å². The number of anilines is 1. The molecule has 3 aromatic carbocycles. The van der Waals surface area contributed by atoms with Crippen LogP contribution in [-0.2, 0) is 20.7 Å². The highest BCUT2D eigenvalue weighted by molar-refractivity contribution is 6.00. The number of amides is 1. The molecule has 192 valence electrons. The monoisotopic (exact) mass is 509 g/mol. The molecule has 6 rings (SSSR count). The minimum Gasteiger partial charge on any atom is -0.506 e. The molecule has 0 saturated carbocycles. The molecule has 0 spiro atoms. The molecule has 0 aliphatic carbocycles. The van der Waals surface area contributed by atoms with Crippen LogP contribution in [0.25, 0.3) is 21.3 Å². The Morgan fingerprint density at radius 1 is 1.00 bits per heavy atom. The molecule has 2 atom stereocenters. The van der Waals surface area contributed by atoms with E-state index in [-0.39, 0.29) is 29.8 Å². The second kappa shape index (κ2) is 8.54. The van der Waals surface area contributed by atoms with Crippen LogP contribution in [0.2, 0.25) is 0 Å². The van der Waals surface area contributed by atoms with Gasteiger partial charge in [0, 0.05) is 6.42 Å². The average molecular weight is 510 g/mol. The third-order valence-electron chi connectivity index (χ3n) is 7.93. The third-order valence-corrected chi connectivity index (χ3v) is 7.93. The maximum atomic E-state index is 12.6. The number of aromatic hydroxyl groups is 3. The van der Waals surface area contributed by atoms with Crippen molar-refractivity contribution >= 4 is 28.1 Å². The number of hydrogen-bond acceptors (Lipinski definition) is 5. The first-order valence-corrected chi connectivity index (χ1v) is 12.6. The summed E-state index contributed by atoms with van der Waals surface area (Å²) in [4.78, 5) is 16.2. The highest BCUT2D eigenvalue weighted by Crippen LogP contribution is 2.66. The Morgan fingerprint density at radius 2 is 1.71 bits per heavy atom. The van der Waals surface area contributed by atoms with Gasteiger partial charge in [-0.2, -0.15) is 0 Å². The maximum absolute atomic E-state index is 12.6. The zero-order chi connectivity index (χ0) is 26.7. The number of nitrogens with zero attached hydrogens (tertiary/aromatic N) is 2. The van der Waals surface area contributed by atoms with E-state index >= 15 is 0 Å². The lowest BCUT2D eigenvalue weighted by atomic mass is 9.77. The van der Waals surface area contributed by atoms with Gasteiger partial charge in [0.15, 0.2) is 5.69 Å². The Hall–Kier alpha value is -4.48. The number of fused-ring (bicyclic) bond motifs is 6. The summed E-state index contributed by atoms with van der Waals surface area (Å²) in [6.07, 6.45) is 2.52. The smallest absolute Gasteiger partial charge is 0.224 e. The van der Waals surface area contributed by atoms with Crippen LogP contribution < -0.4 is 5.32 Å². The van der Waals surface area contributed by atoms with E-state index in [2.05, 4.69) is 10.2 Å². The summed E-state index contributed by atoms with van der Waals surface area (Å²) in [6.45, 7) is 9.43. The van der Waals surface area contributed by atoms with E-state index in [4.69, 9.17) is 11.3 Å². The lowest BCUT2D eigenvalue weighted by Gasteiger charge is -2.26. The molecule has 8 nitrogen and oxygen atoms in total. The van der Waals surface area contributed by atoms with Gasteiger partial charge in [-0.15, -0.1) is 0 Å². The normalized spacial score (nSPS) is 21.4. The molecule has 2 unspecified atom stereocenters. The minimum absolute atomic E-state index is 0.00784. The Kier molecular flexibility index (Phi) is 5.37. The summed E-state index contributed by atoms with van der Waals surface area (Å²) >= 11 is 0. The molecule has 1 aromatic heterocycles. The van der Waals surface area contributed by atoms with Crippen molar-refractivity contribution in [2.45, 2.75) is 50.2 Å². The van der Waals surface area contributed by atoms with Gasteiger partial charge in [-0.05, 0) is 61.6 Å². The van der Waals surface area contributed by atoms with Gasteiger partial charge < -0.3 is 25.4 Å². The highest BCUT2D eigenvalue weighted by Gasteiger charge is 2.61. The van der Waals surface area contributed by atoms with Crippen molar-refractivity contribution in [2.24, 2.45) is 0 Å². The highest BCUT2D eigenvalue weighted by atomic mass is 16.5. The predicted octanol–water partition coefficient (Wildman–Crippen LogP) is 6.34. The molecule has 0 radical (unpaired) electrons. The molecule has 1 saturated heterocycles. The summed E-state index contributed by atoms with van der Waals surface area (Å²) in [6, 6.07) is 17.5. The van der Waals surface area contributed by atoms with E-state index in [0.717, 1.165) is 10.8 Å². The van der Waals surface area contributed by atoms with Crippen LogP contribution >= 0.6 is 0 Å². The predicted molar refractivity (Wildman–Crippen MR) is 143 cm³/mol. The molecule has 1 amide bonds. The molecule has 2 bridgehead atoms. The number of benzene rings is 3. The molecule has 3 heterocycles. The fourth-order valence-electron chi connectivity index (χ4n) is 6.22. The number of para-hydroxylation sites is 2. The van der Waals surface area contributed by atoms with E-state index in [0.29, 0.717) is 53.9 Å². The van der Waals surface area contributed by atoms with Crippen molar-refractivity contribution in [3.05, 3.63) is 83.2 Å². The molecular weight excluding hydrogens is 482 g/mol. The molecular formula is C30H27N3O5. The first-order chi connectivity index (χ1) is 18.3. The van der Waals surface area contributed by atoms with E-state index in [1.165, 1.54) is 10.6 Å². The number of phenols is 1. The molecule has 4 N–H and O–H groups in total. The van der Waals surface area contributed by atoms with Crippen LogP contribution in [0, 0.1) is 6.57 Å². The summed E-state index contributed by atoms with van der Waals surface area (Å²) in [5, 5.41) is 37.2. The lowest BCUT2D eigenvalue weighted by molar-refractivity contribution is -0.117. The molecule has 4 aromatic rings. The van der Waals surface area contributed by atoms with E-state index in [1.54, 1.807) is 30.3 Å². The summed E-state index contributed by atoms with van der Waals surface area (Å²) < 4.78 is 7.96. The fraction of sp³-hybridized carbons (Fsp3) is 0.267. The van der Waals surface area contributed by atoms with Crippen LogP contribution in [0.15, 0.2) is 60.7 Å². The Bertz CT molecular complexity index is 1650. The number of carbonyl (C=O) groups excluding carboxylic acids is 1. The van der Waals surface area contributed by atoms with Crippen LogP contribution in [0.1, 0.15) is 50.2 Å². The van der Waals surface area contributed by atoms with Crippen molar-refractivity contribution in [2.75, 3.05) is 5.32 Å². The van der Waals surface area contributed by atoms with Crippen molar-refractivity contribution in [1.82, 2.24) is 4.57 Å². The second-order valence-corrected chi connectivity index (χ2v) is 10.2. The van der Waals surface area contributed by atoms with E-state index in [1.807, 2.05) is 31.2 Å². The van der Waals surface area contributed by atoms with Gasteiger partial charge in [0.2, 0.25) is 17.7 Å². The largest absolute Gasteiger partial charge is 0.506 e. The first-order valence-electron chi connectivity index (χ1n) is 12.6. The van der Waals surface area contributed by atoms with Crippen molar-refractivity contribution < 1.29 is 24.9 Å². The standard InChI is InChI=1S/C30H27N3O5/c1-29-16-17-30(38-29,15-7-12-24(35)32-21-10-5-6-11-23(21)34)26-25(29)27(36)33(28(26)37)22-14-13-20(31-2)18-8-3-4-9-19(18)22/h3-6,8-11,13-14,34,36-37H,7,12,15-17H2,1H3,(H,32,35). The number of rotatable bonds is 6. The number of hydrogen-bond donors (Lipinski definition) is 4. The Balaban J connectivity index is 1.33. The fourth-order valence-corrected chi connectivity index (χ4v) is 6.22. The molecule has 2 aliphatic heterocycles. The van der Waals surface area contributed by atoms with Gasteiger partial charge in [0.25, 0.3) is 0 Å². The number of ether oxygens (including phenoxy) is 1. The van der Waals surface area contributed by atoms with Gasteiger partial charge in [-0.1, -0.05) is 42.5 Å². The van der Waals surface area contributed by atoms with Crippen LogP contribution in [0.3, 0.4) is 0 Å². The number of aromatic nitrogens is 1. The molecule has 38 heavy (non-hydrogen) atoms. The van der Waals surface area contributed by atoms with Crippen molar-refractivity contribution in [3.63, 3.8) is 0 Å². The zero-order valence-electron chi connectivity index (χ0n) is 20.9. The zero-order valence-corrected chi connectivity index (χ0v) is 20.9. The minimum atomic E-state index is -0.821. The van der Waals surface area contributed by atoms with Gasteiger partial charge >= 0.3 is 0 Å². The Labute approximate surface area is 219 Å². The number of phenolic OH excluding ortho intramolecular Hbond substituents is 1. The van der Waals surface area contributed by atoms with Gasteiger partial charge in [0.1, 0.15) is 11.4 Å². The van der Waals surface area contributed by atoms with Gasteiger partial charge in [-0.3, -0.25) is 9.36 Å². The summed E-state index contributed by atoms with van der Waals surface area (Å²) in [7, 11) is 0. The quantitative estimate of drug-likeness (QED) is 0.179. The molecule has 8 heteroatoms. The topological polar surface area (TPSA) is 108 Å². The molecule has 2 aliphatic rings. The molecule has 1 fully saturated rings. The van der Waals surface area contributed by atoms with E-state index in [9.17, 15) is 20.1 Å². The number of nitrogens with one attached hydrogen (secondary N) is 1. The average Bonchev–Trinajstić information content (AvgIpc) is 3.49. The second-order valence-electron chi connectivity index (χ2n) is 10.2. The Morgan fingerprint density at radius 3 is 2.47 bits per heavy atom. The van der Waals surface area contributed by atoms with Gasteiger partial charge in [-0.25, -0.2) is 4.85 Å². The van der Waals surface area contributed by atoms with Crippen LogP contribution in [-0.4, -0.2) is 25.8 Å². The lowest BCUT2D eigenvalue weighted by Crippen LogP contribution is -2.23. The van der Waals surface area contributed by atoms with Gasteiger partial charge in [0.05, 0.1) is 34.7 Å². The summed E-state index contributed by atoms with van der Waals surface area (Å²) in [5.74, 6) is -0.369. The third kappa shape index (κ3) is 3.43. The number of carbonyl (C=O) groups is 1. The maximum Gasteiger partial charge on any atom is 0.224 e. The first kappa shape index (κ1) is 23.9. The summed E-state index contributed by atoms with van der Waals surface area (Å²) in [5.41, 5.74) is 1.01. The SMILES string of the molecule is [C-]#[N+]c1ccc(-n2c(O)c3c(c2O)C2(CCCC(=O)Nc4ccccc4O)CCC3(C)O2)c2ccccc12. The van der Waals surface area contributed by atoms with E-state index < -0.39 is 11.2 Å². The van der Waals surface area contributed by atoms with Crippen molar-refractivity contribution in [3.8, 4) is 23.2 Å².